The van der Waals surface area contributed by atoms with Gasteiger partial charge in [0, 0.05) is 30.3 Å². The lowest BCUT2D eigenvalue weighted by Gasteiger charge is -2.29. The van der Waals surface area contributed by atoms with Crippen molar-refractivity contribution >= 4 is 24.0 Å². The molecular formula is C17H22ClF3N2O2. The Labute approximate surface area is 150 Å². The highest BCUT2D eigenvalue weighted by Crippen LogP contribution is 2.40. The third-order valence-corrected chi connectivity index (χ3v) is 4.69. The van der Waals surface area contributed by atoms with E-state index in [-0.39, 0.29) is 31.2 Å². The number of hydrogen-bond acceptors (Lipinski definition) is 3. The van der Waals surface area contributed by atoms with Crippen LogP contribution in [0.5, 0.6) is 5.75 Å². The molecule has 8 heteroatoms. The molecule has 0 spiro atoms. The molecule has 1 fully saturated rings. The largest absolute Gasteiger partial charge is 0.492 e. The third kappa shape index (κ3) is 5.01. The molecule has 0 aromatic heterocycles. The zero-order chi connectivity index (χ0) is 17.2. The van der Waals surface area contributed by atoms with Crippen LogP contribution in [0.4, 0.5) is 18.9 Å². The Morgan fingerprint density at radius 2 is 2.08 bits per heavy atom. The summed E-state index contributed by atoms with van der Waals surface area (Å²) in [4.78, 5) is 12.4. The zero-order valence-corrected chi connectivity index (χ0v) is 14.5. The number of nitrogens with one attached hydrogen (secondary N) is 2. The smallest absolute Gasteiger partial charge is 0.391 e. The molecule has 2 atom stereocenters. The number of ether oxygens (including phenoxy) is 1. The number of hydrogen-bond donors (Lipinski definition) is 2. The second kappa shape index (κ2) is 8.27. The minimum absolute atomic E-state index is 0. The van der Waals surface area contributed by atoms with E-state index in [0.29, 0.717) is 31.7 Å². The number of alkyl halides is 3. The van der Waals surface area contributed by atoms with Crippen LogP contribution in [0.3, 0.4) is 0 Å². The minimum atomic E-state index is -4.22. The van der Waals surface area contributed by atoms with Gasteiger partial charge in [0.2, 0.25) is 5.91 Å². The topological polar surface area (TPSA) is 50.4 Å². The lowest BCUT2D eigenvalue weighted by Crippen LogP contribution is -2.34. The maximum atomic E-state index is 12.9. The van der Waals surface area contributed by atoms with E-state index in [4.69, 9.17) is 4.74 Å². The van der Waals surface area contributed by atoms with E-state index >= 15 is 0 Å². The number of fused-ring (bicyclic) bond motifs is 1. The van der Waals surface area contributed by atoms with E-state index in [1.165, 1.54) is 0 Å². The van der Waals surface area contributed by atoms with Crippen molar-refractivity contribution in [3.05, 3.63) is 23.8 Å². The second-order valence-corrected chi connectivity index (χ2v) is 6.44. The molecule has 25 heavy (non-hydrogen) atoms. The molecule has 2 N–H and O–H groups in total. The fourth-order valence-corrected chi connectivity index (χ4v) is 3.36. The molecule has 140 valence electrons. The summed E-state index contributed by atoms with van der Waals surface area (Å²) < 4.78 is 44.2. The van der Waals surface area contributed by atoms with Gasteiger partial charge in [-0.25, -0.2) is 0 Å². The molecule has 0 bridgehead atoms. The monoisotopic (exact) mass is 378 g/mol. The predicted octanol–water partition coefficient (Wildman–Crippen LogP) is 3.90. The quantitative estimate of drug-likeness (QED) is 0.820. The number of halogens is 4. The SMILES string of the molecule is Cl.O=C(Nc1ccc2c(c1)CNCCO2)C1CCCC(C(F)(F)F)C1. The molecule has 1 heterocycles. The molecular weight excluding hydrogens is 357 g/mol. The molecule has 0 saturated heterocycles. The molecule has 3 rings (SSSR count). The Balaban J connectivity index is 0.00000225. The van der Waals surface area contributed by atoms with Crippen LogP contribution in [0.15, 0.2) is 18.2 Å². The van der Waals surface area contributed by atoms with E-state index in [9.17, 15) is 18.0 Å². The number of carbonyl (C=O) groups is 1. The number of benzene rings is 1. The standard InChI is InChI=1S/C17H21F3N2O2.ClH/c18-17(19,20)13-3-1-2-11(8-13)16(23)22-14-4-5-15-12(9-14)10-21-6-7-24-15;/h4-5,9,11,13,21H,1-3,6-8,10H2,(H,22,23);1H. The Bertz CT molecular complexity index is 610. The van der Waals surface area contributed by atoms with E-state index in [2.05, 4.69) is 10.6 Å². The molecule has 1 saturated carbocycles. The van der Waals surface area contributed by atoms with Crippen molar-refractivity contribution in [2.24, 2.45) is 11.8 Å². The van der Waals surface area contributed by atoms with Crippen LogP contribution in [-0.4, -0.2) is 25.2 Å². The predicted molar refractivity (Wildman–Crippen MR) is 91.0 cm³/mol. The highest BCUT2D eigenvalue weighted by atomic mass is 35.5. The number of rotatable bonds is 2. The molecule has 1 amide bonds. The van der Waals surface area contributed by atoms with Crippen molar-refractivity contribution in [3.8, 4) is 5.75 Å². The Hall–Kier alpha value is -1.47. The Morgan fingerprint density at radius 1 is 1.28 bits per heavy atom. The van der Waals surface area contributed by atoms with E-state index in [1.807, 2.05) is 6.07 Å². The van der Waals surface area contributed by atoms with Gasteiger partial charge in [-0.1, -0.05) is 6.42 Å². The van der Waals surface area contributed by atoms with Gasteiger partial charge >= 0.3 is 6.18 Å². The highest BCUT2D eigenvalue weighted by molar-refractivity contribution is 5.92. The lowest BCUT2D eigenvalue weighted by molar-refractivity contribution is -0.185. The van der Waals surface area contributed by atoms with E-state index < -0.39 is 18.0 Å². The van der Waals surface area contributed by atoms with Crippen LogP contribution in [0, 0.1) is 11.8 Å². The van der Waals surface area contributed by atoms with Crippen molar-refractivity contribution in [3.63, 3.8) is 0 Å². The van der Waals surface area contributed by atoms with Gasteiger partial charge in [0.15, 0.2) is 0 Å². The van der Waals surface area contributed by atoms with Crippen LogP contribution in [0.1, 0.15) is 31.2 Å². The van der Waals surface area contributed by atoms with Gasteiger partial charge in [-0.05, 0) is 37.5 Å². The summed E-state index contributed by atoms with van der Waals surface area (Å²) in [5.41, 5.74) is 1.53. The van der Waals surface area contributed by atoms with Gasteiger partial charge in [0.05, 0.1) is 5.92 Å². The maximum Gasteiger partial charge on any atom is 0.391 e. The van der Waals surface area contributed by atoms with Gasteiger partial charge in [0.25, 0.3) is 0 Å². The Kier molecular flexibility index (Phi) is 6.57. The molecule has 0 radical (unpaired) electrons. The number of amides is 1. The van der Waals surface area contributed by atoms with Crippen molar-refractivity contribution < 1.29 is 22.7 Å². The second-order valence-electron chi connectivity index (χ2n) is 6.44. The minimum Gasteiger partial charge on any atom is -0.492 e. The summed E-state index contributed by atoms with van der Waals surface area (Å²) in [7, 11) is 0. The van der Waals surface area contributed by atoms with Crippen LogP contribution in [-0.2, 0) is 11.3 Å². The van der Waals surface area contributed by atoms with Gasteiger partial charge in [-0.2, -0.15) is 13.2 Å². The molecule has 2 aliphatic rings. The van der Waals surface area contributed by atoms with Gasteiger partial charge < -0.3 is 15.4 Å². The summed E-state index contributed by atoms with van der Waals surface area (Å²) >= 11 is 0. The Morgan fingerprint density at radius 3 is 2.84 bits per heavy atom. The zero-order valence-electron chi connectivity index (χ0n) is 13.7. The van der Waals surface area contributed by atoms with Crippen LogP contribution < -0.4 is 15.4 Å². The molecule has 1 aromatic rings. The molecule has 4 nitrogen and oxygen atoms in total. The first-order valence-electron chi connectivity index (χ1n) is 8.27. The molecule has 1 aromatic carbocycles. The van der Waals surface area contributed by atoms with Gasteiger partial charge in [-0.15, -0.1) is 12.4 Å². The number of anilines is 1. The summed E-state index contributed by atoms with van der Waals surface area (Å²) in [6.45, 7) is 1.97. The summed E-state index contributed by atoms with van der Waals surface area (Å²) in [6.07, 6.45) is -3.27. The third-order valence-electron chi connectivity index (χ3n) is 4.69. The normalized spacial score (nSPS) is 23.5. The average Bonchev–Trinajstić information content (AvgIpc) is 2.79. The molecule has 1 aliphatic carbocycles. The molecule has 2 unspecified atom stereocenters. The van der Waals surface area contributed by atoms with Gasteiger partial charge in [0.1, 0.15) is 12.4 Å². The highest BCUT2D eigenvalue weighted by Gasteiger charge is 2.43. The fraction of sp³-hybridized carbons (Fsp3) is 0.588. The van der Waals surface area contributed by atoms with Crippen molar-refractivity contribution in [1.29, 1.82) is 0 Å². The van der Waals surface area contributed by atoms with Crippen molar-refractivity contribution in [1.82, 2.24) is 5.32 Å². The first-order chi connectivity index (χ1) is 11.4. The summed E-state index contributed by atoms with van der Waals surface area (Å²) in [5.74, 6) is -1.51. The van der Waals surface area contributed by atoms with E-state index in [1.54, 1.807) is 12.1 Å². The lowest BCUT2D eigenvalue weighted by atomic mass is 9.80. The van der Waals surface area contributed by atoms with Crippen molar-refractivity contribution in [2.45, 2.75) is 38.4 Å². The summed E-state index contributed by atoms with van der Waals surface area (Å²) in [5, 5.41) is 5.97. The van der Waals surface area contributed by atoms with Crippen molar-refractivity contribution in [2.75, 3.05) is 18.5 Å². The first-order valence-corrected chi connectivity index (χ1v) is 8.27. The maximum absolute atomic E-state index is 12.9. The summed E-state index contributed by atoms with van der Waals surface area (Å²) in [6, 6.07) is 5.33. The van der Waals surface area contributed by atoms with Crippen LogP contribution >= 0.6 is 12.4 Å². The molecule has 1 aliphatic heterocycles. The average molecular weight is 379 g/mol. The van der Waals surface area contributed by atoms with Gasteiger partial charge in [-0.3, -0.25) is 4.79 Å². The number of carbonyl (C=O) groups excluding carboxylic acids is 1. The van der Waals surface area contributed by atoms with E-state index in [0.717, 1.165) is 17.9 Å². The first kappa shape index (κ1) is 19.8. The van der Waals surface area contributed by atoms with Crippen LogP contribution in [0.25, 0.3) is 0 Å². The fourth-order valence-electron chi connectivity index (χ4n) is 3.36. The van der Waals surface area contributed by atoms with Crippen LogP contribution in [0.2, 0.25) is 0 Å².